The first-order chi connectivity index (χ1) is 8.35. The van der Waals surface area contributed by atoms with Gasteiger partial charge in [0.2, 0.25) is 0 Å². The van der Waals surface area contributed by atoms with Crippen molar-refractivity contribution in [3.63, 3.8) is 0 Å². The Bertz CT molecular complexity index is 201. The maximum atomic E-state index is 4.26. The van der Waals surface area contributed by atoms with Crippen LogP contribution in [0, 0.1) is 5.41 Å². The molecule has 2 fully saturated rings. The van der Waals surface area contributed by atoms with Crippen LogP contribution in [0.2, 0.25) is 0 Å². The zero-order valence-corrected chi connectivity index (χ0v) is 12.2. The van der Waals surface area contributed by atoms with Crippen LogP contribution in [0.1, 0.15) is 64.2 Å². The Morgan fingerprint density at radius 2 is 1.47 bits per heavy atom. The SMILES string of the molecule is SCCCCCCN1CCC2(CCCC2)CC1. The van der Waals surface area contributed by atoms with Gasteiger partial charge in [-0.3, -0.25) is 0 Å². The number of unbranched alkanes of at least 4 members (excludes halogenated alkanes) is 3. The van der Waals surface area contributed by atoms with Crippen LogP contribution >= 0.6 is 12.6 Å². The van der Waals surface area contributed by atoms with Crippen molar-refractivity contribution in [1.29, 1.82) is 0 Å². The van der Waals surface area contributed by atoms with Crippen molar-refractivity contribution in [2.75, 3.05) is 25.4 Å². The van der Waals surface area contributed by atoms with Crippen LogP contribution in [-0.2, 0) is 0 Å². The Labute approximate surface area is 113 Å². The number of hydrogen-bond donors (Lipinski definition) is 1. The quantitative estimate of drug-likeness (QED) is 0.551. The van der Waals surface area contributed by atoms with Gasteiger partial charge in [-0.25, -0.2) is 0 Å². The van der Waals surface area contributed by atoms with E-state index in [9.17, 15) is 0 Å². The third-order valence-electron chi connectivity index (χ3n) is 4.96. The maximum absolute atomic E-state index is 4.26. The summed E-state index contributed by atoms with van der Waals surface area (Å²) in [5.41, 5.74) is 0.794. The van der Waals surface area contributed by atoms with E-state index in [2.05, 4.69) is 17.5 Å². The molecule has 0 aromatic carbocycles. The lowest BCUT2D eigenvalue weighted by molar-refractivity contribution is 0.107. The largest absolute Gasteiger partial charge is 0.303 e. The van der Waals surface area contributed by atoms with Crippen LogP contribution in [0.5, 0.6) is 0 Å². The molecule has 1 saturated carbocycles. The fourth-order valence-electron chi connectivity index (χ4n) is 3.68. The molecule has 0 unspecified atom stereocenters. The summed E-state index contributed by atoms with van der Waals surface area (Å²) < 4.78 is 0. The van der Waals surface area contributed by atoms with E-state index in [0.29, 0.717) is 0 Å². The summed E-state index contributed by atoms with van der Waals surface area (Å²) in [7, 11) is 0. The molecular weight excluding hydrogens is 226 g/mol. The molecule has 0 radical (unpaired) electrons. The second-order valence-corrected chi connectivity index (χ2v) is 6.63. The van der Waals surface area contributed by atoms with E-state index in [4.69, 9.17) is 0 Å². The highest BCUT2D eigenvalue weighted by Gasteiger charge is 2.36. The molecule has 1 spiro atoms. The highest BCUT2D eigenvalue weighted by atomic mass is 32.1. The average molecular weight is 255 g/mol. The molecule has 2 aliphatic rings. The van der Waals surface area contributed by atoms with Gasteiger partial charge in [-0.15, -0.1) is 0 Å². The summed E-state index contributed by atoms with van der Waals surface area (Å²) in [5, 5.41) is 0. The van der Waals surface area contributed by atoms with Gasteiger partial charge in [0.25, 0.3) is 0 Å². The van der Waals surface area contributed by atoms with Crippen LogP contribution in [0.3, 0.4) is 0 Å². The lowest BCUT2D eigenvalue weighted by atomic mass is 9.77. The number of rotatable bonds is 6. The average Bonchev–Trinajstić information content (AvgIpc) is 2.80. The van der Waals surface area contributed by atoms with Crippen molar-refractivity contribution < 1.29 is 0 Å². The van der Waals surface area contributed by atoms with Crippen molar-refractivity contribution in [2.24, 2.45) is 5.41 Å². The molecular formula is C15H29NS. The van der Waals surface area contributed by atoms with E-state index in [1.165, 1.54) is 83.8 Å². The molecule has 1 saturated heterocycles. The van der Waals surface area contributed by atoms with Gasteiger partial charge in [-0.2, -0.15) is 12.6 Å². The summed E-state index contributed by atoms with van der Waals surface area (Å²) >= 11 is 4.26. The summed E-state index contributed by atoms with van der Waals surface area (Å²) in [6.07, 6.45) is 14.5. The van der Waals surface area contributed by atoms with Crippen LogP contribution < -0.4 is 0 Å². The summed E-state index contributed by atoms with van der Waals surface area (Å²) in [5.74, 6) is 1.06. The van der Waals surface area contributed by atoms with Gasteiger partial charge in [0.1, 0.15) is 0 Å². The van der Waals surface area contributed by atoms with E-state index in [-0.39, 0.29) is 0 Å². The van der Waals surface area contributed by atoms with Gasteiger partial charge in [0.05, 0.1) is 0 Å². The highest BCUT2D eigenvalue weighted by molar-refractivity contribution is 7.80. The number of thiol groups is 1. The van der Waals surface area contributed by atoms with E-state index in [1.54, 1.807) is 0 Å². The van der Waals surface area contributed by atoms with Gasteiger partial charge in [0, 0.05) is 0 Å². The summed E-state index contributed by atoms with van der Waals surface area (Å²) in [6.45, 7) is 4.11. The number of piperidine rings is 1. The van der Waals surface area contributed by atoms with Gasteiger partial charge in [-0.05, 0) is 69.3 Å². The first-order valence-electron chi connectivity index (χ1n) is 7.68. The molecule has 1 aliphatic heterocycles. The van der Waals surface area contributed by atoms with E-state index < -0.39 is 0 Å². The minimum atomic E-state index is 0.794. The minimum absolute atomic E-state index is 0.794. The lowest BCUT2D eigenvalue weighted by Crippen LogP contribution is -2.39. The second kappa shape index (κ2) is 7.04. The molecule has 2 heteroatoms. The van der Waals surface area contributed by atoms with Gasteiger partial charge in [0.15, 0.2) is 0 Å². The van der Waals surface area contributed by atoms with Crippen LogP contribution in [0.15, 0.2) is 0 Å². The Kier molecular flexibility index (Phi) is 5.68. The van der Waals surface area contributed by atoms with E-state index in [0.717, 1.165) is 11.2 Å². The minimum Gasteiger partial charge on any atom is -0.303 e. The number of likely N-dealkylation sites (tertiary alicyclic amines) is 1. The molecule has 0 bridgehead atoms. The zero-order chi connectivity index (χ0) is 12.0. The monoisotopic (exact) mass is 255 g/mol. The Morgan fingerprint density at radius 1 is 0.824 bits per heavy atom. The van der Waals surface area contributed by atoms with Crippen molar-refractivity contribution in [1.82, 2.24) is 4.90 Å². The molecule has 100 valence electrons. The normalized spacial score (nSPS) is 24.5. The molecule has 1 nitrogen and oxygen atoms in total. The summed E-state index contributed by atoms with van der Waals surface area (Å²) in [4.78, 5) is 2.71. The molecule has 17 heavy (non-hydrogen) atoms. The second-order valence-electron chi connectivity index (χ2n) is 6.19. The fourth-order valence-corrected chi connectivity index (χ4v) is 3.90. The molecule has 1 heterocycles. The fraction of sp³-hybridized carbons (Fsp3) is 1.00. The molecule has 0 aromatic heterocycles. The standard InChI is InChI=1S/C15H29NS/c17-14-6-2-1-5-11-16-12-9-15(10-13-16)7-3-4-8-15/h17H,1-14H2. The molecule has 0 N–H and O–H groups in total. The van der Waals surface area contributed by atoms with Crippen LogP contribution in [-0.4, -0.2) is 30.3 Å². The van der Waals surface area contributed by atoms with Gasteiger partial charge < -0.3 is 4.90 Å². The predicted molar refractivity (Wildman–Crippen MR) is 78.9 cm³/mol. The van der Waals surface area contributed by atoms with Crippen molar-refractivity contribution >= 4 is 12.6 Å². The molecule has 1 aliphatic carbocycles. The smallest absolute Gasteiger partial charge is 0.00134 e. The highest BCUT2D eigenvalue weighted by Crippen LogP contribution is 2.46. The first-order valence-corrected chi connectivity index (χ1v) is 8.31. The first kappa shape index (κ1) is 13.7. The van der Waals surface area contributed by atoms with Crippen LogP contribution in [0.4, 0.5) is 0 Å². The van der Waals surface area contributed by atoms with Crippen molar-refractivity contribution in [3.05, 3.63) is 0 Å². The van der Waals surface area contributed by atoms with Gasteiger partial charge in [-0.1, -0.05) is 25.7 Å². The third-order valence-corrected chi connectivity index (χ3v) is 5.28. The van der Waals surface area contributed by atoms with Gasteiger partial charge >= 0.3 is 0 Å². The third kappa shape index (κ3) is 4.17. The van der Waals surface area contributed by atoms with Crippen molar-refractivity contribution in [2.45, 2.75) is 64.2 Å². The predicted octanol–water partition coefficient (Wildman–Crippen LogP) is 4.13. The number of hydrogen-bond acceptors (Lipinski definition) is 2. The Morgan fingerprint density at radius 3 is 2.12 bits per heavy atom. The summed E-state index contributed by atoms with van der Waals surface area (Å²) in [6, 6.07) is 0. The Balaban J connectivity index is 1.56. The topological polar surface area (TPSA) is 3.24 Å². The molecule has 0 aromatic rings. The molecule has 2 rings (SSSR count). The lowest BCUT2D eigenvalue weighted by Gasteiger charge is -2.39. The van der Waals surface area contributed by atoms with E-state index >= 15 is 0 Å². The zero-order valence-electron chi connectivity index (χ0n) is 11.3. The van der Waals surface area contributed by atoms with Crippen LogP contribution in [0.25, 0.3) is 0 Å². The number of nitrogens with zero attached hydrogens (tertiary/aromatic N) is 1. The van der Waals surface area contributed by atoms with Crippen molar-refractivity contribution in [3.8, 4) is 0 Å². The maximum Gasteiger partial charge on any atom is -0.00134 e. The molecule has 0 amide bonds. The molecule has 0 atom stereocenters. The Hall–Kier alpha value is 0.310. The van der Waals surface area contributed by atoms with E-state index in [1.807, 2.05) is 0 Å².